The third-order valence-electron chi connectivity index (χ3n) is 3.79. The molecule has 116 valence electrons. The van der Waals surface area contributed by atoms with E-state index in [0.29, 0.717) is 25.1 Å². The summed E-state index contributed by atoms with van der Waals surface area (Å²) in [7, 11) is 0. The Morgan fingerprint density at radius 1 is 1.38 bits per heavy atom. The fourth-order valence-electron chi connectivity index (χ4n) is 2.74. The summed E-state index contributed by atoms with van der Waals surface area (Å²) in [5.41, 5.74) is -0.535. The van der Waals surface area contributed by atoms with Crippen LogP contribution in [-0.4, -0.2) is 23.2 Å². The maximum absolute atomic E-state index is 13.7. The van der Waals surface area contributed by atoms with Crippen molar-refractivity contribution in [3.8, 4) is 5.75 Å². The fourth-order valence-corrected chi connectivity index (χ4v) is 2.74. The van der Waals surface area contributed by atoms with E-state index >= 15 is 0 Å². The van der Waals surface area contributed by atoms with Gasteiger partial charge in [0.1, 0.15) is 0 Å². The highest BCUT2D eigenvalue weighted by Crippen LogP contribution is 2.31. The van der Waals surface area contributed by atoms with Gasteiger partial charge >= 0.3 is 0 Å². The average molecular weight is 295 g/mol. The molecule has 0 saturated heterocycles. The van der Waals surface area contributed by atoms with Gasteiger partial charge < -0.3 is 15.2 Å². The van der Waals surface area contributed by atoms with Crippen LogP contribution in [0.2, 0.25) is 0 Å². The predicted molar refractivity (Wildman–Crippen MR) is 78.9 cm³/mol. The van der Waals surface area contributed by atoms with Crippen molar-refractivity contribution in [1.29, 1.82) is 0 Å². The summed E-state index contributed by atoms with van der Waals surface area (Å²) in [4.78, 5) is 12.0. The van der Waals surface area contributed by atoms with Crippen LogP contribution in [0.3, 0.4) is 0 Å². The summed E-state index contributed by atoms with van der Waals surface area (Å²) < 4.78 is 18.8. The Hall–Kier alpha value is -1.62. The van der Waals surface area contributed by atoms with E-state index in [9.17, 15) is 14.3 Å². The van der Waals surface area contributed by atoms with Crippen LogP contribution in [-0.2, 0) is 4.79 Å². The van der Waals surface area contributed by atoms with Crippen molar-refractivity contribution in [3.63, 3.8) is 0 Å². The number of anilines is 1. The summed E-state index contributed by atoms with van der Waals surface area (Å²) in [5.74, 6) is -0.629. The second-order valence-corrected chi connectivity index (χ2v) is 5.59. The zero-order chi connectivity index (χ0) is 15.3. The molecule has 1 saturated carbocycles. The minimum Gasteiger partial charge on any atom is -0.491 e. The topological polar surface area (TPSA) is 58.6 Å². The molecule has 4 nitrogen and oxygen atoms in total. The minimum atomic E-state index is -0.911. The molecule has 0 unspecified atom stereocenters. The van der Waals surface area contributed by atoms with E-state index in [2.05, 4.69) is 5.32 Å². The molecule has 1 aliphatic rings. The number of halogens is 1. The van der Waals surface area contributed by atoms with Crippen LogP contribution in [0.4, 0.5) is 10.1 Å². The molecule has 1 aliphatic carbocycles. The van der Waals surface area contributed by atoms with Crippen molar-refractivity contribution in [2.24, 2.45) is 0 Å². The second-order valence-electron chi connectivity index (χ2n) is 5.59. The zero-order valence-electron chi connectivity index (χ0n) is 12.3. The number of benzene rings is 1. The van der Waals surface area contributed by atoms with Crippen LogP contribution in [0.1, 0.15) is 45.4 Å². The monoisotopic (exact) mass is 295 g/mol. The SMILES string of the molecule is CCOc1ccc(NC(=O)CC2(O)CCCCC2)cc1F. The summed E-state index contributed by atoms with van der Waals surface area (Å²) in [6.07, 6.45) is 4.36. The van der Waals surface area contributed by atoms with Gasteiger partial charge in [0.15, 0.2) is 11.6 Å². The van der Waals surface area contributed by atoms with Crippen LogP contribution in [0, 0.1) is 5.82 Å². The summed E-state index contributed by atoms with van der Waals surface area (Å²) in [6, 6.07) is 4.31. The third kappa shape index (κ3) is 4.43. The Kier molecular flexibility index (Phi) is 5.17. The summed E-state index contributed by atoms with van der Waals surface area (Å²) in [5, 5.41) is 13.0. The lowest BCUT2D eigenvalue weighted by atomic mass is 9.82. The zero-order valence-corrected chi connectivity index (χ0v) is 12.3. The normalized spacial score (nSPS) is 17.3. The fraction of sp³-hybridized carbons (Fsp3) is 0.562. The smallest absolute Gasteiger partial charge is 0.227 e. The highest BCUT2D eigenvalue weighted by molar-refractivity contribution is 5.91. The molecule has 0 heterocycles. The van der Waals surface area contributed by atoms with Gasteiger partial charge in [-0.2, -0.15) is 0 Å². The van der Waals surface area contributed by atoms with Gasteiger partial charge in [-0.25, -0.2) is 4.39 Å². The molecule has 1 amide bonds. The Morgan fingerprint density at radius 2 is 2.10 bits per heavy atom. The minimum absolute atomic E-state index is 0.0574. The standard InChI is InChI=1S/C16H22FNO3/c1-2-21-14-7-6-12(10-13(14)17)18-15(19)11-16(20)8-4-3-5-9-16/h6-7,10,20H,2-5,8-9,11H2,1H3,(H,18,19). The van der Waals surface area contributed by atoms with E-state index in [4.69, 9.17) is 4.74 Å². The third-order valence-corrected chi connectivity index (χ3v) is 3.79. The largest absolute Gasteiger partial charge is 0.491 e. The molecule has 2 N–H and O–H groups in total. The first-order valence-electron chi connectivity index (χ1n) is 7.47. The van der Waals surface area contributed by atoms with Gasteiger partial charge in [-0.1, -0.05) is 19.3 Å². The number of carbonyl (C=O) groups excluding carboxylic acids is 1. The van der Waals surface area contributed by atoms with Gasteiger partial charge in [0.25, 0.3) is 0 Å². The summed E-state index contributed by atoms with van der Waals surface area (Å²) >= 11 is 0. The van der Waals surface area contributed by atoms with Gasteiger partial charge in [0.2, 0.25) is 5.91 Å². The van der Waals surface area contributed by atoms with Crippen molar-refractivity contribution >= 4 is 11.6 Å². The van der Waals surface area contributed by atoms with Crippen LogP contribution < -0.4 is 10.1 Å². The average Bonchev–Trinajstić information content (AvgIpc) is 2.42. The van der Waals surface area contributed by atoms with Crippen LogP contribution >= 0.6 is 0 Å². The summed E-state index contributed by atoms with van der Waals surface area (Å²) in [6.45, 7) is 2.16. The first-order chi connectivity index (χ1) is 10.0. The second kappa shape index (κ2) is 6.89. The maximum atomic E-state index is 13.7. The Balaban J connectivity index is 1.94. The number of amides is 1. The predicted octanol–water partition coefficient (Wildman–Crippen LogP) is 3.25. The molecule has 0 bridgehead atoms. The first kappa shape index (κ1) is 15.8. The van der Waals surface area contributed by atoms with Crippen LogP contribution in [0.15, 0.2) is 18.2 Å². The van der Waals surface area contributed by atoms with E-state index in [1.807, 2.05) is 0 Å². The lowest BCUT2D eigenvalue weighted by Crippen LogP contribution is -2.35. The molecule has 1 fully saturated rings. The van der Waals surface area contributed by atoms with Gasteiger partial charge in [-0.3, -0.25) is 4.79 Å². The Bertz CT molecular complexity index is 498. The molecule has 1 aromatic rings. The Morgan fingerprint density at radius 3 is 2.71 bits per heavy atom. The molecule has 0 radical (unpaired) electrons. The van der Waals surface area contributed by atoms with Crippen molar-refractivity contribution in [2.75, 3.05) is 11.9 Å². The van der Waals surface area contributed by atoms with E-state index in [-0.39, 0.29) is 18.1 Å². The number of aliphatic hydroxyl groups is 1. The lowest BCUT2D eigenvalue weighted by Gasteiger charge is -2.31. The molecule has 5 heteroatoms. The molecule has 0 spiro atoms. The molecule has 21 heavy (non-hydrogen) atoms. The number of ether oxygens (including phenoxy) is 1. The quantitative estimate of drug-likeness (QED) is 0.876. The molecular weight excluding hydrogens is 273 g/mol. The number of hydrogen-bond acceptors (Lipinski definition) is 3. The van der Waals surface area contributed by atoms with Crippen LogP contribution in [0.5, 0.6) is 5.75 Å². The molecule has 0 atom stereocenters. The van der Waals surface area contributed by atoms with E-state index in [0.717, 1.165) is 19.3 Å². The molecule has 0 aliphatic heterocycles. The van der Waals surface area contributed by atoms with Gasteiger partial charge in [0.05, 0.1) is 18.6 Å². The van der Waals surface area contributed by atoms with Crippen molar-refractivity contribution in [2.45, 2.75) is 51.0 Å². The number of hydrogen-bond donors (Lipinski definition) is 2. The number of carbonyl (C=O) groups is 1. The molecular formula is C16H22FNO3. The van der Waals surface area contributed by atoms with Gasteiger partial charge in [-0.15, -0.1) is 0 Å². The van der Waals surface area contributed by atoms with E-state index in [1.54, 1.807) is 13.0 Å². The number of nitrogens with one attached hydrogen (secondary N) is 1. The molecule has 0 aromatic heterocycles. The maximum Gasteiger partial charge on any atom is 0.227 e. The van der Waals surface area contributed by atoms with Crippen molar-refractivity contribution < 1.29 is 19.0 Å². The van der Waals surface area contributed by atoms with Crippen molar-refractivity contribution in [1.82, 2.24) is 0 Å². The molecule has 1 aromatic carbocycles. The van der Waals surface area contributed by atoms with Gasteiger partial charge in [0, 0.05) is 11.8 Å². The van der Waals surface area contributed by atoms with Crippen molar-refractivity contribution in [3.05, 3.63) is 24.0 Å². The van der Waals surface area contributed by atoms with Gasteiger partial charge in [-0.05, 0) is 31.9 Å². The number of rotatable bonds is 5. The lowest BCUT2D eigenvalue weighted by molar-refractivity contribution is -0.122. The van der Waals surface area contributed by atoms with Crippen LogP contribution in [0.25, 0.3) is 0 Å². The highest BCUT2D eigenvalue weighted by Gasteiger charge is 2.31. The molecule has 2 rings (SSSR count). The first-order valence-corrected chi connectivity index (χ1v) is 7.47. The van der Waals surface area contributed by atoms with E-state index in [1.165, 1.54) is 12.1 Å². The van der Waals surface area contributed by atoms with E-state index < -0.39 is 11.4 Å². The Labute approximate surface area is 124 Å². The highest BCUT2D eigenvalue weighted by atomic mass is 19.1.